The average Bonchev–Trinajstić information content (AvgIpc) is 2.76. The number of fused-ring (bicyclic) bond motifs is 1. The van der Waals surface area contributed by atoms with E-state index in [0.717, 1.165) is 23.5 Å². The molecule has 2 heterocycles. The smallest absolute Gasteiger partial charge is 0.160 e. The van der Waals surface area contributed by atoms with Gasteiger partial charge in [0.1, 0.15) is 11.3 Å². The van der Waals surface area contributed by atoms with Crippen molar-refractivity contribution < 1.29 is 0 Å². The first-order chi connectivity index (χ1) is 10.2. The minimum Gasteiger partial charge on any atom is -0.308 e. The summed E-state index contributed by atoms with van der Waals surface area (Å²) in [6.45, 7) is 2.83. The summed E-state index contributed by atoms with van der Waals surface area (Å²) in [6, 6.07) is 10.3. The predicted octanol–water partition coefficient (Wildman–Crippen LogP) is 4.22. The first-order valence-electron chi connectivity index (χ1n) is 6.79. The highest BCUT2D eigenvalue weighted by atomic mass is 35.5. The fourth-order valence-corrected chi connectivity index (χ4v) is 2.79. The zero-order chi connectivity index (χ0) is 14.8. The van der Waals surface area contributed by atoms with Gasteiger partial charge in [-0.25, -0.2) is 9.97 Å². The molecule has 0 unspecified atom stereocenters. The molecule has 0 atom stereocenters. The zero-order valence-electron chi connectivity index (χ0n) is 11.7. The molecule has 0 spiro atoms. The molecule has 0 radical (unpaired) electrons. The fraction of sp³-hybridized carbons (Fsp3) is 0.250. The fourth-order valence-electron chi connectivity index (χ4n) is 2.47. The molecular formula is C16H15Cl2N3. The van der Waals surface area contributed by atoms with E-state index >= 15 is 0 Å². The highest BCUT2D eigenvalue weighted by molar-refractivity contribution is 6.31. The van der Waals surface area contributed by atoms with Crippen LogP contribution >= 0.6 is 23.2 Å². The van der Waals surface area contributed by atoms with E-state index < -0.39 is 0 Å². The number of hydrogen-bond acceptors (Lipinski definition) is 2. The first-order valence-corrected chi connectivity index (χ1v) is 7.71. The first kappa shape index (κ1) is 14.4. The Balaban J connectivity index is 2.08. The molecule has 0 saturated heterocycles. The van der Waals surface area contributed by atoms with E-state index in [4.69, 9.17) is 23.2 Å². The van der Waals surface area contributed by atoms with Gasteiger partial charge < -0.3 is 4.57 Å². The van der Waals surface area contributed by atoms with Crippen molar-refractivity contribution in [1.29, 1.82) is 0 Å². The van der Waals surface area contributed by atoms with Gasteiger partial charge in [0.25, 0.3) is 0 Å². The molecule has 108 valence electrons. The second kappa shape index (κ2) is 6.04. The second-order valence-corrected chi connectivity index (χ2v) is 5.85. The summed E-state index contributed by atoms with van der Waals surface area (Å²) in [5.41, 5.74) is 4.13. The van der Waals surface area contributed by atoms with E-state index in [-0.39, 0.29) is 0 Å². The maximum atomic E-state index is 6.00. The molecule has 21 heavy (non-hydrogen) atoms. The number of nitrogens with zero attached hydrogens (tertiary/aromatic N) is 3. The van der Waals surface area contributed by atoms with Crippen LogP contribution in [0.15, 0.2) is 36.5 Å². The molecule has 0 aliphatic carbocycles. The lowest BCUT2D eigenvalue weighted by molar-refractivity contribution is 0.747. The van der Waals surface area contributed by atoms with Crippen LogP contribution in [0.2, 0.25) is 5.02 Å². The number of halogens is 2. The highest BCUT2D eigenvalue weighted by Crippen LogP contribution is 2.20. The van der Waals surface area contributed by atoms with E-state index in [1.54, 1.807) is 6.20 Å². The van der Waals surface area contributed by atoms with Gasteiger partial charge >= 0.3 is 0 Å². The minimum absolute atomic E-state index is 0.533. The number of imidazole rings is 1. The Bertz CT molecular complexity index is 780. The van der Waals surface area contributed by atoms with Gasteiger partial charge in [-0.05, 0) is 18.6 Å². The summed E-state index contributed by atoms with van der Waals surface area (Å²) < 4.78 is 2.11. The van der Waals surface area contributed by atoms with E-state index in [0.29, 0.717) is 17.3 Å². The number of pyridine rings is 1. The zero-order valence-corrected chi connectivity index (χ0v) is 13.2. The van der Waals surface area contributed by atoms with Crippen LogP contribution in [-0.4, -0.2) is 20.4 Å². The Kier molecular flexibility index (Phi) is 4.13. The standard InChI is InChI=1S/C16H15Cl2N3/c1-11-3-2-4-12(7-11)10-21-15(5-6-17)20-14-8-13(18)9-19-16(14)21/h2-4,7-9H,5-6,10H2,1H3. The van der Waals surface area contributed by atoms with Crippen molar-refractivity contribution in [2.75, 3.05) is 5.88 Å². The summed E-state index contributed by atoms with van der Waals surface area (Å²) >= 11 is 11.9. The van der Waals surface area contributed by atoms with Crippen LogP contribution < -0.4 is 0 Å². The highest BCUT2D eigenvalue weighted by Gasteiger charge is 2.12. The number of alkyl halides is 1. The largest absolute Gasteiger partial charge is 0.308 e. The van der Waals surface area contributed by atoms with E-state index in [1.165, 1.54) is 11.1 Å². The maximum absolute atomic E-state index is 6.00. The van der Waals surface area contributed by atoms with Gasteiger partial charge in [-0.15, -0.1) is 11.6 Å². The molecule has 2 aromatic heterocycles. The Morgan fingerprint density at radius 3 is 2.86 bits per heavy atom. The van der Waals surface area contributed by atoms with Crippen LogP contribution in [0.1, 0.15) is 17.0 Å². The molecule has 3 nitrogen and oxygen atoms in total. The van der Waals surface area contributed by atoms with Crippen LogP contribution in [0.3, 0.4) is 0 Å². The molecule has 0 saturated carbocycles. The van der Waals surface area contributed by atoms with E-state index in [2.05, 4.69) is 45.7 Å². The van der Waals surface area contributed by atoms with Gasteiger partial charge in [-0.1, -0.05) is 41.4 Å². The average molecular weight is 320 g/mol. The number of aromatic nitrogens is 3. The lowest BCUT2D eigenvalue weighted by atomic mass is 10.1. The molecule has 0 fully saturated rings. The van der Waals surface area contributed by atoms with Crippen LogP contribution in [-0.2, 0) is 13.0 Å². The third kappa shape index (κ3) is 3.04. The lowest BCUT2D eigenvalue weighted by Gasteiger charge is -2.08. The molecule has 0 aliphatic rings. The lowest BCUT2D eigenvalue weighted by Crippen LogP contribution is -2.06. The topological polar surface area (TPSA) is 30.7 Å². The van der Waals surface area contributed by atoms with Crippen LogP contribution in [0, 0.1) is 6.92 Å². The van der Waals surface area contributed by atoms with Gasteiger partial charge in [-0.2, -0.15) is 0 Å². The monoisotopic (exact) mass is 319 g/mol. The second-order valence-electron chi connectivity index (χ2n) is 5.04. The Morgan fingerprint density at radius 1 is 1.24 bits per heavy atom. The van der Waals surface area contributed by atoms with Crippen molar-refractivity contribution in [3.05, 3.63) is 58.5 Å². The van der Waals surface area contributed by atoms with Crippen molar-refractivity contribution >= 4 is 34.4 Å². The molecule has 0 amide bonds. The van der Waals surface area contributed by atoms with Crippen molar-refractivity contribution in [2.24, 2.45) is 0 Å². The molecule has 1 aromatic carbocycles. The third-order valence-corrected chi connectivity index (χ3v) is 3.77. The van der Waals surface area contributed by atoms with Crippen LogP contribution in [0.25, 0.3) is 11.2 Å². The summed E-state index contributed by atoms with van der Waals surface area (Å²) in [7, 11) is 0. The molecule has 0 N–H and O–H groups in total. The normalized spacial score (nSPS) is 11.2. The molecular weight excluding hydrogens is 305 g/mol. The summed E-state index contributed by atoms with van der Waals surface area (Å²) in [5, 5.41) is 0.597. The molecule has 3 aromatic rings. The number of benzene rings is 1. The SMILES string of the molecule is Cc1cccc(Cn2c(CCCl)nc3cc(Cl)cnc32)c1. The summed E-state index contributed by atoms with van der Waals surface area (Å²) in [5.74, 6) is 1.47. The van der Waals surface area contributed by atoms with Crippen molar-refractivity contribution in [2.45, 2.75) is 19.9 Å². The predicted molar refractivity (Wildman–Crippen MR) is 87.2 cm³/mol. The van der Waals surface area contributed by atoms with Crippen LogP contribution in [0.4, 0.5) is 0 Å². The Morgan fingerprint density at radius 2 is 2.10 bits per heavy atom. The Hall–Kier alpha value is -1.58. The van der Waals surface area contributed by atoms with E-state index in [1.807, 2.05) is 6.07 Å². The minimum atomic E-state index is 0.533. The molecule has 0 bridgehead atoms. The number of aryl methyl sites for hydroxylation is 2. The van der Waals surface area contributed by atoms with Gasteiger partial charge in [0.15, 0.2) is 5.65 Å². The van der Waals surface area contributed by atoms with Gasteiger partial charge in [0, 0.05) is 18.5 Å². The number of rotatable bonds is 4. The quantitative estimate of drug-likeness (QED) is 0.674. The third-order valence-electron chi connectivity index (χ3n) is 3.37. The van der Waals surface area contributed by atoms with Crippen molar-refractivity contribution in [3.8, 4) is 0 Å². The Labute approximate surface area is 133 Å². The van der Waals surface area contributed by atoms with Crippen molar-refractivity contribution in [1.82, 2.24) is 14.5 Å². The van der Waals surface area contributed by atoms with E-state index in [9.17, 15) is 0 Å². The summed E-state index contributed by atoms with van der Waals surface area (Å²) in [6.07, 6.45) is 2.37. The summed E-state index contributed by atoms with van der Waals surface area (Å²) in [4.78, 5) is 9.04. The molecule has 5 heteroatoms. The van der Waals surface area contributed by atoms with Gasteiger partial charge in [0.05, 0.1) is 11.6 Å². The molecule has 0 aliphatic heterocycles. The van der Waals surface area contributed by atoms with Gasteiger partial charge in [0.2, 0.25) is 0 Å². The maximum Gasteiger partial charge on any atom is 0.160 e. The van der Waals surface area contributed by atoms with Crippen molar-refractivity contribution in [3.63, 3.8) is 0 Å². The molecule has 3 rings (SSSR count). The number of hydrogen-bond donors (Lipinski definition) is 0. The van der Waals surface area contributed by atoms with Crippen LogP contribution in [0.5, 0.6) is 0 Å². The van der Waals surface area contributed by atoms with Gasteiger partial charge in [-0.3, -0.25) is 0 Å².